The third kappa shape index (κ3) is 4.32. The fraction of sp³-hybridized carbons (Fsp3) is 0.250. The minimum atomic E-state index is 0.00860. The molecule has 1 fully saturated rings. The van der Waals surface area contributed by atoms with Crippen LogP contribution in [0.5, 0.6) is 0 Å². The van der Waals surface area contributed by atoms with Crippen molar-refractivity contribution in [3.63, 3.8) is 0 Å². The number of hydrogen-bond donors (Lipinski definition) is 0. The van der Waals surface area contributed by atoms with Gasteiger partial charge in [0.15, 0.2) is 0 Å². The number of nitrogens with zero attached hydrogens (tertiary/aromatic N) is 2. The highest BCUT2D eigenvalue weighted by Crippen LogP contribution is 2.44. The predicted molar refractivity (Wildman–Crippen MR) is 139 cm³/mol. The number of aryl methyl sites for hydroxylation is 2. The van der Waals surface area contributed by atoms with E-state index in [4.69, 9.17) is 0 Å². The molecule has 0 radical (unpaired) electrons. The van der Waals surface area contributed by atoms with Crippen molar-refractivity contribution in [2.45, 2.75) is 40.2 Å². The van der Waals surface area contributed by atoms with E-state index in [0.29, 0.717) is 0 Å². The molecule has 2 nitrogen and oxygen atoms in total. The fourth-order valence-corrected chi connectivity index (χ4v) is 7.13. The third-order valence-corrected chi connectivity index (χ3v) is 8.60. The van der Waals surface area contributed by atoms with Gasteiger partial charge in [0, 0.05) is 23.4 Å². The van der Waals surface area contributed by atoms with Crippen LogP contribution in [-0.4, -0.2) is 22.0 Å². The lowest BCUT2D eigenvalue weighted by Crippen LogP contribution is -2.62. The molecule has 0 saturated carbocycles. The number of benzene rings is 3. The molecular formula is C24H28B2N2S2. The normalized spacial score (nSPS) is 15.6. The minimum Gasteiger partial charge on any atom is -0.332 e. The van der Waals surface area contributed by atoms with Crippen molar-refractivity contribution < 1.29 is 0 Å². The molecule has 30 heavy (non-hydrogen) atoms. The van der Waals surface area contributed by atoms with Crippen LogP contribution in [0, 0.1) is 13.8 Å². The van der Waals surface area contributed by atoms with Crippen molar-refractivity contribution >= 4 is 52.5 Å². The lowest BCUT2D eigenvalue weighted by Gasteiger charge is -2.49. The molecule has 1 saturated heterocycles. The van der Waals surface area contributed by atoms with E-state index in [0.717, 1.165) is 0 Å². The van der Waals surface area contributed by atoms with Crippen LogP contribution in [0.4, 0.5) is 5.69 Å². The van der Waals surface area contributed by atoms with Gasteiger partial charge in [-0.25, -0.2) is 11.5 Å². The largest absolute Gasteiger partial charge is 0.361 e. The average Bonchev–Trinajstić information content (AvgIpc) is 2.74. The quantitative estimate of drug-likeness (QED) is 0.410. The molecule has 4 rings (SSSR count). The number of para-hydroxylation sites is 1. The summed E-state index contributed by atoms with van der Waals surface area (Å²) < 4.78 is 5.08. The van der Waals surface area contributed by atoms with Crippen molar-refractivity contribution in [3.05, 3.63) is 90.0 Å². The van der Waals surface area contributed by atoms with E-state index >= 15 is 0 Å². The summed E-state index contributed by atoms with van der Waals surface area (Å²) in [5, 5.41) is 0. The Bertz CT molecular complexity index is 973. The van der Waals surface area contributed by atoms with Gasteiger partial charge in [0.05, 0.1) is 0 Å². The topological polar surface area (TPSA) is 6.48 Å². The van der Waals surface area contributed by atoms with Gasteiger partial charge < -0.3 is 4.22 Å². The number of rotatable bonds is 3. The summed E-state index contributed by atoms with van der Waals surface area (Å²) >= 11 is 3.90. The summed E-state index contributed by atoms with van der Waals surface area (Å²) in [6, 6.07) is 28.4. The average molecular weight is 430 g/mol. The van der Waals surface area contributed by atoms with Crippen LogP contribution in [0.25, 0.3) is 0 Å². The highest BCUT2D eigenvalue weighted by molar-refractivity contribution is 8.49. The van der Waals surface area contributed by atoms with E-state index in [1.54, 1.807) is 0 Å². The van der Waals surface area contributed by atoms with Crippen LogP contribution in [0.15, 0.2) is 78.9 Å². The summed E-state index contributed by atoms with van der Waals surface area (Å²) in [6.07, 6.45) is 0.488. The Morgan fingerprint density at radius 1 is 0.667 bits per heavy atom. The highest BCUT2D eigenvalue weighted by Gasteiger charge is 2.47. The van der Waals surface area contributed by atoms with Gasteiger partial charge in [-0.3, -0.25) is 4.22 Å². The molecule has 0 unspecified atom stereocenters. The van der Waals surface area contributed by atoms with E-state index < -0.39 is 0 Å². The van der Waals surface area contributed by atoms with Gasteiger partial charge in [0.1, 0.15) is 0 Å². The molecule has 1 aliphatic rings. The molecule has 0 atom stereocenters. The van der Waals surface area contributed by atoms with Crippen molar-refractivity contribution in [3.8, 4) is 0 Å². The first-order chi connectivity index (χ1) is 14.4. The molecule has 0 aromatic heterocycles. The van der Waals surface area contributed by atoms with Crippen LogP contribution in [0.1, 0.15) is 31.9 Å². The Hall–Kier alpha value is -1.75. The highest BCUT2D eigenvalue weighted by atomic mass is 32.2. The van der Waals surface area contributed by atoms with Crippen molar-refractivity contribution in [2.75, 3.05) is 4.22 Å². The second-order valence-corrected chi connectivity index (χ2v) is 10.9. The Kier molecular flexibility index (Phi) is 6.29. The maximum atomic E-state index is 2.55. The number of hydrogen-bond acceptors (Lipinski definition) is 4. The van der Waals surface area contributed by atoms with Crippen molar-refractivity contribution in [2.24, 2.45) is 0 Å². The molecule has 3 aromatic carbocycles. The first-order valence-corrected chi connectivity index (χ1v) is 12.1. The van der Waals surface area contributed by atoms with E-state index in [1.165, 1.54) is 27.7 Å². The predicted octanol–water partition coefficient (Wildman–Crippen LogP) is 5.31. The van der Waals surface area contributed by atoms with Gasteiger partial charge in [-0.15, -0.1) is 0 Å². The summed E-state index contributed by atoms with van der Waals surface area (Å²) in [6.45, 7) is 11.4. The van der Waals surface area contributed by atoms with Crippen LogP contribution in [0.3, 0.4) is 0 Å². The van der Waals surface area contributed by atoms with Gasteiger partial charge in [-0.05, 0) is 51.2 Å². The zero-order valence-corrected chi connectivity index (χ0v) is 20.0. The smallest absolute Gasteiger partial charge is 0.332 e. The first kappa shape index (κ1) is 21.5. The minimum absolute atomic E-state index is 0.00860. The lowest BCUT2D eigenvalue weighted by molar-refractivity contribution is 0.394. The molecule has 6 heteroatoms. The molecule has 0 bridgehead atoms. The van der Waals surface area contributed by atoms with Crippen molar-refractivity contribution in [1.29, 1.82) is 0 Å². The van der Waals surface area contributed by atoms with Gasteiger partial charge in [0.25, 0.3) is 0 Å². The second kappa shape index (κ2) is 8.78. The Morgan fingerprint density at radius 3 is 1.67 bits per heavy atom. The molecule has 1 heterocycles. The Labute approximate surface area is 190 Å². The lowest BCUT2D eigenvalue weighted by atomic mass is 9.76. The van der Waals surface area contributed by atoms with Crippen LogP contribution in [0.2, 0.25) is 0 Å². The fourth-order valence-electron chi connectivity index (χ4n) is 3.86. The van der Waals surface area contributed by atoms with Crippen LogP contribution < -0.4 is 15.1 Å². The first-order valence-electron chi connectivity index (χ1n) is 10.4. The van der Waals surface area contributed by atoms with Gasteiger partial charge in [-0.2, -0.15) is 0 Å². The standard InChI is InChI=1S/C24H28B2N2S2/c1-19-13-12-14-20(2)23(19)27-25(21-15-8-6-9-16-21)29-26(22-17-10-7-11-18-22)28(30-27)24(3,4)5/h6-18H,1-5H3. The Balaban J connectivity index is 1.84. The summed E-state index contributed by atoms with van der Waals surface area (Å²) in [5.41, 5.74) is 6.66. The van der Waals surface area contributed by atoms with E-state index in [9.17, 15) is 0 Å². The monoisotopic (exact) mass is 430 g/mol. The molecule has 3 aromatic rings. The molecular weight excluding hydrogens is 402 g/mol. The van der Waals surface area contributed by atoms with E-state index in [2.05, 4.69) is 122 Å². The van der Waals surface area contributed by atoms with Crippen LogP contribution >= 0.6 is 23.6 Å². The van der Waals surface area contributed by atoms with E-state index in [-0.39, 0.29) is 17.8 Å². The van der Waals surface area contributed by atoms with E-state index in [1.807, 2.05) is 23.6 Å². The SMILES string of the molecule is Cc1cccc(C)c1N1SN(C(C)(C)C)B(c2ccccc2)SB1c1ccccc1. The van der Waals surface area contributed by atoms with Gasteiger partial charge in [0.2, 0.25) is 0 Å². The third-order valence-electron chi connectivity index (χ3n) is 5.35. The Morgan fingerprint density at radius 2 is 1.17 bits per heavy atom. The molecule has 0 amide bonds. The molecule has 152 valence electrons. The second-order valence-electron chi connectivity index (χ2n) is 8.81. The summed E-state index contributed by atoms with van der Waals surface area (Å²) in [7, 11) is 0. The summed E-state index contributed by atoms with van der Waals surface area (Å²) in [5.74, 6) is 0. The molecule has 0 spiro atoms. The molecule has 1 aliphatic heterocycles. The number of anilines is 1. The zero-order chi connectivity index (χ0) is 21.3. The maximum Gasteiger partial charge on any atom is 0.361 e. The summed E-state index contributed by atoms with van der Waals surface area (Å²) in [4.78, 5) is 0. The van der Waals surface area contributed by atoms with Gasteiger partial charge >= 0.3 is 12.3 Å². The maximum absolute atomic E-state index is 2.55. The zero-order valence-electron chi connectivity index (χ0n) is 18.4. The van der Waals surface area contributed by atoms with Gasteiger partial charge in [-0.1, -0.05) is 84.3 Å². The van der Waals surface area contributed by atoms with Crippen molar-refractivity contribution in [1.82, 2.24) is 4.22 Å². The van der Waals surface area contributed by atoms with Crippen LogP contribution in [-0.2, 0) is 0 Å². The molecule has 0 N–H and O–H groups in total. The molecule has 0 aliphatic carbocycles.